The zero-order valence-corrected chi connectivity index (χ0v) is 14.0. The van der Waals surface area contributed by atoms with Crippen molar-refractivity contribution in [2.75, 3.05) is 5.32 Å². The Morgan fingerprint density at radius 3 is 2.50 bits per heavy atom. The summed E-state index contributed by atoms with van der Waals surface area (Å²) in [6.07, 6.45) is 1.69. The quantitative estimate of drug-likeness (QED) is 0.660. The van der Waals surface area contributed by atoms with Crippen molar-refractivity contribution in [1.82, 2.24) is 9.78 Å². The first-order valence-corrected chi connectivity index (χ1v) is 7.71. The average molecular weight is 381 g/mol. The molecule has 0 saturated heterocycles. The minimum absolute atomic E-state index is 0.318. The van der Waals surface area contributed by atoms with Gasteiger partial charge in [0.25, 0.3) is 0 Å². The van der Waals surface area contributed by atoms with Crippen molar-refractivity contribution < 1.29 is 4.39 Å². The molecule has 6 heteroatoms. The van der Waals surface area contributed by atoms with Gasteiger partial charge in [0.2, 0.25) is 0 Å². The number of aryl methyl sites for hydroxylation is 1. The number of benzene rings is 2. The molecule has 0 saturated carbocycles. The van der Waals surface area contributed by atoms with E-state index in [1.165, 1.54) is 12.1 Å². The zero-order valence-electron chi connectivity index (χ0n) is 11.6. The van der Waals surface area contributed by atoms with Crippen molar-refractivity contribution in [1.29, 1.82) is 0 Å². The summed E-state index contributed by atoms with van der Waals surface area (Å²) >= 11 is 9.30. The second kappa shape index (κ2) is 6.10. The molecule has 0 amide bonds. The van der Waals surface area contributed by atoms with Crippen LogP contribution in [0.2, 0.25) is 5.02 Å². The molecular weight excluding hydrogens is 369 g/mol. The van der Waals surface area contributed by atoms with Crippen LogP contribution in [0.15, 0.2) is 53.1 Å². The van der Waals surface area contributed by atoms with E-state index in [4.69, 9.17) is 11.6 Å². The van der Waals surface area contributed by atoms with E-state index in [-0.39, 0.29) is 5.82 Å². The van der Waals surface area contributed by atoms with Gasteiger partial charge in [-0.2, -0.15) is 5.10 Å². The number of aromatic nitrogens is 2. The fraction of sp³-hybridized carbons (Fsp3) is 0.0625. The second-order valence-corrected chi connectivity index (χ2v) is 6.12. The third kappa shape index (κ3) is 3.15. The molecule has 0 bridgehead atoms. The van der Waals surface area contributed by atoms with Gasteiger partial charge < -0.3 is 5.32 Å². The number of hydrogen-bond acceptors (Lipinski definition) is 2. The van der Waals surface area contributed by atoms with Gasteiger partial charge in [-0.25, -0.2) is 4.39 Å². The topological polar surface area (TPSA) is 29.9 Å². The predicted molar refractivity (Wildman–Crippen MR) is 91.0 cm³/mol. The van der Waals surface area contributed by atoms with Crippen LogP contribution in [0.25, 0.3) is 11.3 Å². The molecule has 3 nitrogen and oxygen atoms in total. The summed E-state index contributed by atoms with van der Waals surface area (Å²) in [4.78, 5) is 0. The summed E-state index contributed by atoms with van der Waals surface area (Å²) in [6.45, 7) is 0. The molecule has 3 rings (SSSR count). The van der Waals surface area contributed by atoms with Crippen molar-refractivity contribution in [3.63, 3.8) is 0 Å². The summed E-state index contributed by atoms with van der Waals surface area (Å²) < 4.78 is 16.5. The standard InChI is InChI=1S/C16H12BrClFN3/c1-22-16(15(17)9-20-22)10-6-12(19)8-14(7-10)21-13-4-2-11(18)3-5-13/h2-9,21H,1H3. The number of halogens is 3. The van der Waals surface area contributed by atoms with Crippen LogP contribution >= 0.6 is 27.5 Å². The van der Waals surface area contributed by atoms with Crippen molar-refractivity contribution >= 4 is 38.9 Å². The number of nitrogens with one attached hydrogen (secondary N) is 1. The highest BCUT2D eigenvalue weighted by Crippen LogP contribution is 2.31. The molecule has 22 heavy (non-hydrogen) atoms. The number of rotatable bonds is 3. The van der Waals surface area contributed by atoms with Gasteiger partial charge in [0.05, 0.1) is 16.4 Å². The van der Waals surface area contributed by atoms with E-state index in [1.54, 1.807) is 23.0 Å². The minimum atomic E-state index is -0.318. The average Bonchev–Trinajstić information content (AvgIpc) is 2.80. The Morgan fingerprint density at radius 1 is 1.14 bits per heavy atom. The Hall–Kier alpha value is -1.85. The SMILES string of the molecule is Cn1ncc(Br)c1-c1cc(F)cc(Nc2ccc(Cl)cc2)c1. The first-order chi connectivity index (χ1) is 10.5. The third-order valence-electron chi connectivity index (χ3n) is 3.20. The van der Waals surface area contributed by atoms with Gasteiger partial charge in [-0.1, -0.05) is 11.6 Å². The van der Waals surface area contributed by atoms with E-state index in [0.29, 0.717) is 10.7 Å². The van der Waals surface area contributed by atoms with Crippen LogP contribution in [0, 0.1) is 5.82 Å². The smallest absolute Gasteiger partial charge is 0.125 e. The van der Waals surface area contributed by atoms with Gasteiger partial charge in [0.1, 0.15) is 5.82 Å². The summed E-state index contributed by atoms with van der Waals surface area (Å²) in [5.41, 5.74) is 3.05. The lowest BCUT2D eigenvalue weighted by Gasteiger charge is -2.10. The van der Waals surface area contributed by atoms with Crippen molar-refractivity contribution in [3.05, 3.63) is 64.0 Å². The van der Waals surface area contributed by atoms with Crippen LogP contribution < -0.4 is 5.32 Å². The molecule has 1 heterocycles. The molecule has 0 spiro atoms. The van der Waals surface area contributed by atoms with Crippen LogP contribution in [0.1, 0.15) is 0 Å². The first kappa shape index (κ1) is 15.1. The highest BCUT2D eigenvalue weighted by molar-refractivity contribution is 9.10. The molecule has 0 aliphatic carbocycles. The van der Waals surface area contributed by atoms with E-state index >= 15 is 0 Å². The fourth-order valence-corrected chi connectivity index (χ4v) is 2.94. The van der Waals surface area contributed by atoms with E-state index in [0.717, 1.165) is 21.4 Å². The maximum Gasteiger partial charge on any atom is 0.125 e. The molecule has 2 aromatic carbocycles. The van der Waals surface area contributed by atoms with Gasteiger partial charge in [-0.05, 0) is 58.4 Å². The molecular formula is C16H12BrClFN3. The monoisotopic (exact) mass is 379 g/mol. The Labute approximate surface area is 140 Å². The van der Waals surface area contributed by atoms with E-state index in [2.05, 4.69) is 26.3 Å². The first-order valence-electron chi connectivity index (χ1n) is 6.54. The van der Waals surface area contributed by atoms with Crippen LogP contribution in [-0.4, -0.2) is 9.78 Å². The highest BCUT2D eigenvalue weighted by Gasteiger charge is 2.11. The third-order valence-corrected chi connectivity index (χ3v) is 4.03. The molecule has 1 N–H and O–H groups in total. The molecule has 3 aromatic rings. The maximum atomic E-state index is 13.9. The van der Waals surface area contributed by atoms with Gasteiger partial charge in [-0.15, -0.1) is 0 Å². The van der Waals surface area contributed by atoms with Crippen LogP contribution in [0.5, 0.6) is 0 Å². The molecule has 0 unspecified atom stereocenters. The summed E-state index contributed by atoms with van der Waals surface area (Å²) in [7, 11) is 1.82. The van der Waals surface area contributed by atoms with E-state index in [9.17, 15) is 4.39 Å². The van der Waals surface area contributed by atoms with Gasteiger partial charge in [-0.3, -0.25) is 4.68 Å². The predicted octanol–water partition coefficient (Wildman–Crippen LogP) is 5.39. The molecule has 1 aromatic heterocycles. The lowest BCUT2D eigenvalue weighted by Crippen LogP contribution is -1.96. The Morgan fingerprint density at radius 2 is 1.86 bits per heavy atom. The van der Waals surface area contributed by atoms with Crippen LogP contribution in [0.4, 0.5) is 15.8 Å². The summed E-state index contributed by atoms with van der Waals surface area (Å²) in [5.74, 6) is -0.318. The minimum Gasteiger partial charge on any atom is -0.355 e. The van der Waals surface area contributed by atoms with Gasteiger partial charge in [0.15, 0.2) is 0 Å². The van der Waals surface area contributed by atoms with E-state index < -0.39 is 0 Å². The summed E-state index contributed by atoms with van der Waals surface area (Å²) in [5, 5.41) is 7.98. The van der Waals surface area contributed by atoms with Crippen LogP contribution in [0.3, 0.4) is 0 Å². The van der Waals surface area contributed by atoms with Crippen molar-refractivity contribution in [3.8, 4) is 11.3 Å². The largest absolute Gasteiger partial charge is 0.355 e. The molecule has 0 aliphatic heterocycles. The number of hydrogen-bond donors (Lipinski definition) is 1. The molecule has 0 atom stereocenters. The normalized spacial score (nSPS) is 10.7. The molecule has 0 aliphatic rings. The van der Waals surface area contributed by atoms with Crippen molar-refractivity contribution in [2.24, 2.45) is 7.05 Å². The Kier molecular flexibility index (Phi) is 4.18. The van der Waals surface area contributed by atoms with Crippen LogP contribution in [-0.2, 0) is 7.05 Å². The van der Waals surface area contributed by atoms with E-state index in [1.807, 2.05) is 25.2 Å². The Balaban J connectivity index is 1.98. The Bertz CT molecular complexity index is 795. The lowest BCUT2D eigenvalue weighted by atomic mass is 10.1. The fourth-order valence-electron chi connectivity index (χ4n) is 2.23. The maximum absolute atomic E-state index is 13.9. The van der Waals surface area contributed by atoms with Crippen molar-refractivity contribution in [2.45, 2.75) is 0 Å². The summed E-state index contributed by atoms with van der Waals surface area (Å²) in [6, 6.07) is 12.0. The molecule has 0 radical (unpaired) electrons. The zero-order chi connectivity index (χ0) is 15.7. The second-order valence-electron chi connectivity index (χ2n) is 4.83. The lowest BCUT2D eigenvalue weighted by molar-refractivity contribution is 0.628. The number of anilines is 2. The number of nitrogens with zero attached hydrogens (tertiary/aromatic N) is 2. The van der Waals surface area contributed by atoms with Gasteiger partial charge in [0, 0.05) is 29.0 Å². The highest BCUT2D eigenvalue weighted by atomic mass is 79.9. The molecule has 0 fully saturated rings. The molecule has 112 valence electrons. The van der Waals surface area contributed by atoms with Gasteiger partial charge >= 0.3 is 0 Å².